The average Bonchev–Trinajstić information content (AvgIpc) is 3.76. The van der Waals surface area contributed by atoms with Crippen molar-refractivity contribution in [3.8, 4) is 0 Å². The molecule has 240 valence electrons. The van der Waals surface area contributed by atoms with E-state index in [2.05, 4.69) is 96.6 Å². The number of rotatable bonds is 14. The van der Waals surface area contributed by atoms with Crippen LogP contribution in [0.25, 0.3) is 0 Å². The van der Waals surface area contributed by atoms with Crippen LogP contribution in [-0.2, 0) is 0 Å². The Hall–Kier alpha value is 0.110. The summed E-state index contributed by atoms with van der Waals surface area (Å²) in [4.78, 5) is 16.4. The van der Waals surface area contributed by atoms with Gasteiger partial charge in [-0.1, -0.05) is 0 Å². The first kappa shape index (κ1) is 34.0. The number of piperazine rings is 3. The first-order chi connectivity index (χ1) is 19.3. The molecule has 1 saturated carbocycles. The SMILES string of the molecule is CC(CCSCCN1CCN(C(C)(C)C)CC1)N1CCN(C(C)(C)CCC(C)(C)N2CCN(CC3CC3)CC2)CC1. The van der Waals surface area contributed by atoms with Gasteiger partial charge in [-0.15, -0.1) is 0 Å². The van der Waals surface area contributed by atoms with E-state index in [1.165, 1.54) is 135 Å². The molecular formula is C34H68N6S. The molecule has 0 aromatic rings. The zero-order valence-electron chi connectivity index (χ0n) is 28.6. The summed E-state index contributed by atoms with van der Waals surface area (Å²) in [5.41, 5.74) is 0.909. The monoisotopic (exact) mass is 593 g/mol. The molecule has 0 aromatic carbocycles. The molecule has 0 bridgehead atoms. The molecule has 1 atom stereocenters. The minimum atomic E-state index is 0.286. The minimum absolute atomic E-state index is 0.286. The Morgan fingerprint density at radius 1 is 0.610 bits per heavy atom. The Morgan fingerprint density at radius 2 is 1.10 bits per heavy atom. The summed E-state index contributed by atoms with van der Waals surface area (Å²) in [5, 5.41) is 0. The predicted octanol–water partition coefficient (Wildman–Crippen LogP) is 4.90. The fourth-order valence-corrected chi connectivity index (χ4v) is 8.37. The van der Waals surface area contributed by atoms with Crippen LogP contribution in [0.4, 0.5) is 0 Å². The first-order valence-electron chi connectivity index (χ1n) is 17.4. The molecule has 0 radical (unpaired) electrons. The van der Waals surface area contributed by atoms with Crippen LogP contribution in [0.3, 0.4) is 0 Å². The Labute approximate surface area is 259 Å². The third-order valence-electron chi connectivity index (χ3n) is 11.1. The summed E-state index contributed by atoms with van der Waals surface area (Å²) in [6, 6.07) is 0.709. The lowest BCUT2D eigenvalue weighted by Gasteiger charge is -2.48. The van der Waals surface area contributed by atoms with Gasteiger partial charge in [-0.05, 0) is 99.2 Å². The summed E-state index contributed by atoms with van der Waals surface area (Å²) in [7, 11) is 0. The highest BCUT2D eigenvalue weighted by molar-refractivity contribution is 7.99. The summed E-state index contributed by atoms with van der Waals surface area (Å²) in [5.74, 6) is 3.61. The summed E-state index contributed by atoms with van der Waals surface area (Å²) < 4.78 is 0. The van der Waals surface area contributed by atoms with Gasteiger partial charge < -0.3 is 4.90 Å². The van der Waals surface area contributed by atoms with Crippen LogP contribution >= 0.6 is 11.8 Å². The van der Waals surface area contributed by atoms with Crippen molar-refractivity contribution in [3.05, 3.63) is 0 Å². The number of nitrogens with zero attached hydrogens (tertiary/aromatic N) is 6. The lowest BCUT2D eigenvalue weighted by atomic mass is 9.86. The highest BCUT2D eigenvalue weighted by Crippen LogP contribution is 2.32. The first-order valence-corrected chi connectivity index (χ1v) is 18.5. The van der Waals surface area contributed by atoms with Crippen molar-refractivity contribution >= 4 is 11.8 Å². The standard InChI is InChI=1S/C34H68N6S/c1-30(11-27-41-28-26-35-14-20-38(21-15-35)32(2,3)4)37-18-24-40(25-19-37)34(7,8)13-12-33(5,6)39-22-16-36(17-23-39)29-31-9-10-31/h30-31H,9-29H2,1-8H3. The van der Waals surface area contributed by atoms with Crippen molar-refractivity contribution in [1.82, 2.24) is 29.4 Å². The molecule has 0 aromatic heterocycles. The van der Waals surface area contributed by atoms with Gasteiger partial charge in [-0.25, -0.2) is 0 Å². The number of hydrogen-bond donors (Lipinski definition) is 0. The third kappa shape index (κ3) is 10.6. The minimum Gasteiger partial charge on any atom is -0.301 e. The second-order valence-corrected chi connectivity index (χ2v) is 17.4. The van der Waals surface area contributed by atoms with Crippen LogP contribution in [0.2, 0.25) is 0 Å². The molecule has 0 N–H and O–H groups in total. The van der Waals surface area contributed by atoms with E-state index in [9.17, 15) is 0 Å². The van der Waals surface area contributed by atoms with Gasteiger partial charge in [0.15, 0.2) is 0 Å². The van der Waals surface area contributed by atoms with Gasteiger partial charge in [0.2, 0.25) is 0 Å². The molecule has 1 aliphatic carbocycles. The Bertz CT molecular complexity index is 754. The van der Waals surface area contributed by atoms with E-state index in [1.807, 2.05) is 0 Å². The Balaban J connectivity index is 1.07. The van der Waals surface area contributed by atoms with Crippen molar-refractivity contribution < 1.29 is 0 Å². The van der Waals surface area contributed by atoms with E-state index in [4.69, 9.17) is 0 Å². The van der Waals surface area contributed by atoms with Gasteiger partial charge in [0.05, 0.1) is 0 Å². The van der Waals surface area contributed by atoms with Crippen LogP contribution in [0.5, 0.6) is 0 Å². The fraction of sp³-hybridized carbons (Fsp3) is 1.00. The van der Waals surface area contributed by atoms with E-state index in [0.717, 1.165) is 5.92 Å². The van der Waals surface area contributed by atoms with Crippen LogP contribution < -0.4 is 0 Å². The molecule has 3 saturated heterocycles. The summed E-state index contributed by atoms with van der Waals surface area (Å²) in [6.07, 6.45) is 6.86. The molecule has 3 heterocycles. The molecule has 41 heavy (non-hydrogen) atoms. The second kappa shape index (κ2) is 14.9. The van der Waals surface area contributed by atoms with Gasteiger partial charge in [0.1, 0.15) is 0 Å². The van der Waals surface area contributed by atoms with Crippen LogP contribution in [-0.4, -0.2) is 155 Å². The van der Waals surface area contributed by atoms with Gasteiger partial charge in [0, 0.05) is 120 Å². The highest BCUT2D eigenvalue weighted by atomic mass is 32.2. The maximum atomic E-state index is 2.80. The third-order valence-corrected chi connectivity index (χ3v) is 12.1. The van der Waals surface area contributed by atoms with Crippen molar-refractivity contribution in [2.75, 3.05) is 103 Å². The smallest absolute Gasteiger partial charge is 0.0155 e. The van der Waals surface area contributed by atoms with Gasteiger partial charge in [0.25, 0.3) is 0 Å². The number of hydrogen-bond acceptors (Lipinski definition) is 7. The van der Waals surface area contributed by atoms with Crippen LogP contribution in [0.15, 0.2) is 0 Å². The van der Waals surface area contributed by atoms with Crippen molar-refractivity contribution in [2.24, 2.45) is 5.92 Å². The maximum Gasteiger partial charge on any atom is 0.0155 e. The lowest BCUT2D eigenvalue weighted by molar-refractivity contribution is 0.00928. The molecule has 1 unspecified atom stereocenters. The van der Waals surface area contributed by atoms with E-state index >= 15 is 0 Å². The van der Waals surface area contributed by atoms with E-state index in [-0.39, 0.29) is 5.54 Å². The van der Waals surface area contributed by atoms with Gasteiger partial charge in [-0.3, -0.25) is 24.5 Å². The maximum absolute atomic E-state index is 2.80. The predicted molar refractivity (Wildman–Crippen MR) is 180 cm³/mol. The fourth-order valence-electron chi connectivity index (χ4n) is 7.27. The van der Waals surface area contributed by atoms with Crippen molar-refractivity contribution in [1.29, 1.82) is 0 Å². The van der Waals surface area contributed by atoms with Gasteiger partial charge >= 0.3 is 0 Å². The lowest BCUT2D eigenvalue weighted by Crippen LogP contribution is -2.58. The number of thioether (sulfide) groups is 1. The van der Waals surface area contributed by atoms with Gasteiger partial charge in [-0.2, -0.15) is 11.8 Å². The summed E-state index contributed by atoms with van der Waals surface area (Å²) in [6.45, 7) is 37.1. The molecule has 4 fully saturated rings. The molecule has 3 aliphatic heterocycles. The van der Waals surface area contributed by atoms with Crippen LogP contribution in [0.1, 0.15) is 87.5 Å². The Morgan fingerprint density at radius 3 is 1.61 bits per heavy atom. The zero-order valence-corrected chi connectivity index (χ0v) is 29.4. The van der Waals surface area contributed by atoms with Crippen LogP contribution in [0, 0.1) is 5.92 Å². The highest BCUT2D eigenvalue weighted by Gasteiger charge is 2.36. The molecule has 6 nitrogen and oxygen atoms in total. The van der Waals surface area contributed by atoms with Crippen molar-refractivity contribution in [2.45, 2.75) is 110 Å². The molecule has 0 amide bonds. The normalized spacial score (nSPS) is 25.2. The molecule has 4 rings (SSSR count). The average molecular weight is 593 g/mol. The molecule has 7 heteroatoms. The quantitative estimate of drug-likeness (QED) is 0.264. The second-order valence-electron chi connectivity index (χ2n) is 16.1. The molecule has 0 spiro atoms. The Kier molecular flexibility index (Phi) is 12.4. The van der Waals surface area contributed by atoms with E-state index in [0.29, 0.717) is 17.1 Å². The largest absolute Gasteiger partial charge is 0.301 e. The molecule has 4 aliphatic rings. The van der Waals surface area contributed by atoms with E-state index < -0.39 is 0 Å². The summed E-state index contributed by atoms with van der Waals surface area (Å²) >= 11 is 2.18. The topological polar surface area (TPSA) is 19.4 Å². The zero-order chi connectivity index (χ0) is 29.7. The van der Waals surface area contributed by atoms with Crippen molar-refractivity contribution in [3.63, 3.8) is 0 Å². The molecular weight excluding hydrogens is 524 g/mol. The van der Waals surface area contributed by atoms with E-state index in [1.54, 1.807) is 0 Å².